The summed E-state index contributed by atoms with van der Waals surface area (Å²) in [6.07, 6.45) is -3.75. The Bertz CT molecular complexity index is 808. The molecular formula is C16H14F3N3O3. The highest BCUT2D eigenvalue weighted by Crippen LogP contribution is 2.47. The zero-order valence-electron chi connectivity index (χ0n) is 13.1. The molecule has 0 unspecified atom stereocenters. The van der Waals surface area contributed by atoms with Crippen molar-refractivity contribution in [1.82, 2.24) is 5.16 Å². The van der Waals surface area contributed by atoms with E-state index in [1.807, 2.05) is 0 Å². The molecule has 1 heterocycles. The van der Waals surface area contributed by atoms with Gasteiger partial charge in [0.2, 0.25) is 11.8 Å². The number of aromatic nitrogens is 1. The first-order valence-electron chi connectivity index (χ1n) is 7.44. The lowest BCUT2D eigenvalue weighted by molar-refractivity contribution is -0.137. The Labute approximate surface area is 140 Å². The van der Waals surface area contributed by atoms with Crippen LogP contribution in [-0.2, 0) is 15.8 Å². The van der Waals surface area contributed by atoms with Gasteiger partial charge in [0.1, 0.15) is 11.2 Å². The summed E-state index contributed by atoms with van der Waals surface area (Å²) in [7, 11) is 0. The molecule has 6 nitrogen and oxygen atoms in total. The van der Waals surface area contributed by atoms with Crippen LogP contribution in [0.15, 0.2) is 34.9 Å². The summed E-state index contributed by atoms with van der Waals surface area (Å²) < 4.78 is 42.5. The van der Waals surface area contributed by atoms with Crippen molar-refractivity contribution in [3.63, 3.8) is 0 Å². The molecule has 2 N–H and O–H groups in total. The van der Waals surface area contributed by atoms with Crippen LogP contribution in [-0.4, -0.2) is 17.0 Å². The largest absolute Gasteiger partial charge is 0.416 e. The summed E-state index contributed by atoms with van der Waals surface area (Å²) in [6, 6.07) is 5.55. The number of benzene rings is 1. The van der Waals surface area contributed by atoms with Crippen molar-refractivity contribution in [2.24, 2.45) is 5.41 Å². The van der Waals surface area contributed by atoms with Crippen molar-refractivity contribution in [3.8, 4) is 0 Å². The smallest absolute Gasteiger partial charge is 0.360 e. The predicted octanol–water partition coefficient (Wildman–Crippen LogP) is 3.36. The molecule has 2 amide bonds. The van der Waals surface area contributed by atoms with Gasteiger partial charge in [-0.05, 0) is 44.0 Å². The Morgan fingerprint density at radius 1 is 1.12 bits per heavy atom. The van der Waals surface area contributed by atoms with Crippen LogP contribution in [0.5, 0.6) is 0 Å². The number of amides is 2. The fraction of sp³-hybridized carbons (Fsp3) is 0.312. The lowest BCUT2D eigenvalue weighted by atomic mass is 10.0. The first kappa shape index (κ1) is 17.0. The van der Waals surface area contributed by atoms with Crippen LogP contribution in [0.3, 0.4) is 0 Å². The van der Waals surface area contributed by atoms with E-state index in [1.165, 1.54) is 6.07 Å². The number of anilines is 2. The van der Waals surface area contributed by atoms with Crippen molar-refractivity contribution in [1.29, 1.82) is 0 Å². The molecule has 0 bridgehead atoms. The van der Waals surface area contributed by atoms with E-state index in [0.29, 0.717) is 18.6 Å². The van der Waals surface area contributed by atoms with Crippen LogP contribution in [0.25, 0.3) is 0 Å². The number of rotatable bonds is 4. The Morgan fingerprint density at radius 2 is 1.72 bits per heavy atom. The molecule has 0 radical (unpaired) electrons. The second kappa shape index (κ2) is 5.91. The summed E-state index contributed by atoms with van der Waals surface area (Å²) in [5, 5.41) is 8.62. The van der Waals surface area contributed by atoms with Crippen molar-refractivity contribution in [2.75, 3.05) is 10.6 Å². The van der Waals surface area contributed by atoms with Crippen molar-refractivity contribution in [3.05, 3.63) is 41.7 Å². The van der Waals surface area contributed by atoms with E-state index < -0.39 is 29.0 Å². The maximum atomic E-state index is 12.5. The highest BCUT2D eigenvalue weighted by molar-refractivity contribution is 6.16. The van der Waals surface area contributed by atoms with Crippen LogP contribution >= 0.6 is 0 Å². The molecule has 3 rings (SSSR count). The number of aryl methyl sites for hydroxylation is 1. The molecule has 1 aromatic carbocycles. The highest BCUT2D eigenvalue weighted by atomic mass is 19.4. The number of carbonyl (C=O) groups excluding carboxylic acids is 2. The monoisotopic (exact) mass is 353 g/mol. The first-order valence-corrected chi connectivity index (χ1v) is 7.44. The summed E-state index contributed by atoms with van der Waals surface area (Å²) in [4.78, 5) is 24.7. The third-order valence-corrected chi connectivity index (χ3v) is 3.96. The normalized spacial score (nSPS) is 15.5. The molecule has 0 spiro atoms. The van der Waals surface area contributed by atoms with E-state index >= 15 is 0 Å². The fourth-order valence-electron chi connectivity index (χ4n) is 2.34. The highest BCUT2D eigenvalue weighted by Gasteiger charge is 2.56. The van der Waals surface area contributed by atoms with Gasteiger partial charge in [0.15, 0.2) is 5.82 Å². The molecular weight excluding hydrogens is 339 g/mol. The molecule has 0 atom stereocenters. The van der Waals surface area contributed by atoms with E-state index in [9.17, 15) is 22.8 Å². The van der Waals surface area contributed by atoms with Gasteiger partial charge in [0, 0.05) is 11.8 Å². The summed E-state index contributed by atoms with van der Waals surface area (Å²) in [6.45, 7) is 1.66. The second-order valence-electron chi connectivity index (χ2n) is 5.89. The van der Waals surface area contributed by atoms with E-state index in [4.69, 9.17) is 4.52 Å². The number of nitrogens with one attached hydrogen (secondary N) is 2. The standard InChI is InChI=1S/C16H14F3N3O3/c1-9-8-12(22-25-9)21-14(24)15(6-7-15)13(23)20-11-4-2-10(3-5-11)16(17,18)19/h2-5,8H,6-7H2,1H3,(H,20,23)(H,21,22,24). The van der Waals surface area contributed by atoms with Gasteiger partial charge in [-0.2, -0.15) is 13.2 Å². The average Bonchev–Trinajstić information content (AvgIpc) is 3.26. The van der Waals surface area contributed by atoms with E-state index in [1.54, 1.807) is 6.92 Å². The molecule has 132 valence electrons. The number of hydrogen-bond donors (Lipinski definition) is 2. The zero-order chi connectivity index (χ0) is 18.2. The number of alkyl halides is 3. The maximum Gasteiger partial charge on any atom is 0.416 e. The Morgan fingerprint density at radius 3 is 2.20 bits per heavy atom. The van der Waals surface area contributed by atoms with E-state index in [0.717, 1.165) is 24.3 Å². The number of carbonyl (C=O) groups is 2. The summed E-state index contributed by atoms with van der Waals surface area (Å²) in [5.41, 5.74) is -1.87. The molecule has 0 saturated heterocycles. The van der Waals surface area contributed by atoms with Gasteiger partial charge in [-0.25, -0.2) is 0 Å². The van der Waals surface area contributed by atoms with Gasteiger partial charge in [0.05, 0.1) is 5.56 Å². The third-order valence-electron chi connectivity index (χ3n) is 3.96. The summed E-state index contributed by atoms with van der Waals surface area (Å²) >= 11 is 0. The van der Waals surface area contributed by atoms with Gasteiger partial charge in [-0.15, -0.1) is 0 Å². The van der Waals surface area contributed by atoms with Crippen molar-refractivity contribution in [2.45, 2.75) is 25.9 Å². The molecule has 2 aromatic rings. The molecule has 1 aliphatic rings. The molecule has 1 aliphatic carbocycles. The van der Waals surface area contributed by atoms with E-state index in [-0.39, 0.29) is 11.5 Å². The van der Waals surface area contributed by atoms with Crippen LogP contribution in [0.4, 0.5) is 24.7 Å². The average molecular weight is 353 g/mol. The Kier molecular flexibility index (Phi) is 4.02. The van der Waals surface area contributed by atoms with Crippen LogP contribution < -0.4 is 10.6 Å². The Hall–Kier alpha value is -2.84. The van der Waals surface area contributed by atoms with Gasteiger partial charge in [0.25, 0.3) is 0 Å². The number of nitrogens with zero attached hydrogens (tertiary/aromatic N) is 1. The molecule has 1 saturated carbocycles. The lowest BCUT2D eigenvalue weighted by Crippen LogP contribution is -2.35. The molecule has 25 heavy (non-hydrogen) atoms. The van der Waals surface area contributed by atoms with E-state index in [2.05, 4.69) is 15.8 Å². The van der Waals surface area contributed by atoms with Gasteiger partial charge < -0.3 is 15.2 Å². The second-order valence-corrected chi connectivity index (χ2v) is 5.89. The first-order chi connectivity index (χ1) is 11.7. The van der Waals surface area contributed by atoms with Crippen molar-refractivity contribution < 1.29 is 27.3 Å². The van der Waals surface area contributed by atoms with Gasteiger partial charge in [-0.3, -0.25) is 9.59 Å². The maximum absolute atomic E-state index is 12.5. The quantitative estimate of drug-likeness (QED) is 0.826. The van der Waals surface area contributed by atoms with Gasteiger partial charge >= 0.3 is 6.18 Å². The van der Waals surface area contributed by atoms with Crippen LogP contribution in [0.2, 0.25) is 0 Å². The minimum Gasteiger partial charge on any atom is -0.360 e. The topological polar surface area (TPSA) is 84.2 Å². The zero-order valence-corrected chi connectivity index (χ0v) is 13.1. The molecule has 1 aromatic heterocycles. The SMILES string of the molecule is Cc1cc(NC(=O)C2(C(=O)Nc3ccc(C(F)(F)F)cc3)CC2)no1. The minimum absolute atomic E-state index is 0.189. The predicted molar refractivity (Wildman–Crippen MR) is 81.6 cm³/mol. The molecule has 0 aliphatic heterocycles. The number of halogens is 3. The minimum atomic E-state index is -4.45. The molecule has 1 fully saturated rings. The third kappa shape index (κ3) is 3.49. The summed E-state index contributed by atoms with van der Waals surface area (Å²) in [5.74, 6) is -0.374. The molecule has 9 heteroatoms. The lowest BCUT2D eigenvalue weighted by Gasteiger charge is -2.15. The van der Waals surface area contributed by atoms with Gasteiger partial charge in [-0.1, -0.05) is 5.16 Å². The Balaban J connectivity index is 1.67. The fourth-order valence-corrected chi connectivity index (χ4v) is 2.34. The number of hydrogen-bond acceptors (Lipinski definition) is 4. The van der Waals surface area contributed by atoms with Crippen LogP contribution in [0.1, 0.15) is 24.2 Å². The van der Waals surface area contributed by atoms with Crippen LogP contribution in [0, 0.1) is 12.3 Å². The van der Waals surface area contributed by atoms with Crippen molar-refractivity contribution >= 4 is 23.3 Å².